The van der Waals surface area contributed by atoms with Crippen LogP contribution in [0.3, 0.4) is 0 Å². The van der Waals surface area contributed by atoms with Crippen LogP contribution >= 0.6 is 11.6 Å². The third-order valence-electron chi connectivity index (χ3n) is 5.92. The van der Waals surface area contributed by atoms with Gasteiger partial charge in [-0.1, -0.05) is 17.7 Å². The lowest BCUT2D eigenvalue weighted by Crippen LogP contribution is -2.47. The first-order valence-electron chi connectivity index (χ1n) is 10.3. The summed E-state index contributed by atoms with van der Waals surface area (Å²) in [5.74, 6) is 1.35. The fourth-order valence-corrected chi connectivity index (χ4v) is 4.41. The number of piperazine rings is 1. The second-order valence-electron chi connectivity index (χ2n) is 7.67. The molecule has 2 aliphatic heterocycles. The Morgan fingerprint density at radius 1 is 1.03 bits per heavy atom. The lowest BCUT2D eigenvalue weighted by molar-refractivity contribution is -0.146. The Bertz CT molecular complexity index is 895. The van der Waals surface area contributed by atoms with Crippen molar-refractivity contribution in [3.05, 3.63) is 35.6 Å². The zero-order valence-corrected chi connectivity index (χ0v) is 17.9. The molecule has 0 amide bonds. The Morgan fingerprint density at radius 3 is 2.23 bits per heavy atom. The molecule has 1 aromatic heterocycles. The normalized spacial score (nSPS) is 17.9. The van der Waals surface area contributed by atoms with E-state index >= 15 is 0 Å². The van der Waals surface area contributed by atoms with Gasteiger partial charge in [0.25, 0.3) is 0 Å². The molecule has 2 fully saturated rings. The maximum Gasteiger partial charge on any atom is 0.308 e. The number of rotatable bonds is 4. The van der Waals surface area contributed by atoms with Crippen molar-refractivity contribution in [3.63, 3.8) is 0 Å². The Kier molecular flexibility index (Phi) is 6.13. The number of anilines is 4. The number of ether oxygens (including phenoxy) is 1. The third-order valence-corrected chi connectivity index (χ3v) is 6.16. The minimum Gasteiger partial charge on any atom is -0.469 e. The van der Waals surface area contributed by atoms with Gasteiger partial charge in [-0.3, -0.25) is 4.79 Å². The fraction of sp³-hybridized carbons (Fsp3) is 0.476. The van der Waals surface area contributed by atoms with Crippen LogP contribution in [0.4, 0.5) is 23.0 Å². The molecule has 0 bridgehead atoms. The molecule has 2 aromatic rings. The second kappa shape index (κ2) is 8.95. The molecule has 9 heteroatoms. The molecule has 0 unspecified atom stereocenters. The number of aromatic nitrogens is 2. The van der Waals surface area contributed by atoms with Gasteiger partial charge in [0.1, 0.15) is 12.0 Å². The molecular weight excluding hydrogens is 404 g/mol. The van der Waals surface area contributed by atoms with Gasteiger partial charge in [-0.25, -0.2) is 9.97 Å². The molecule has 8 nitrogen and oxygen atoms in total. The first-order chi connectivity index (χ1) is 14.6. The van der Waals surface area contributed by atoms with Gasteiger partial charge in [-0.2, -0.15) is 0 Å². The monoisotopic (exact) mass is 430 g/mol. The standard InChI is InChI=1S/C21H27ClN6O2/c1-30-21(29)15-5-7-27(8-6-15)19-18(23)20(25-14-24-19)28-11-9-26(10-12-28)17-4-2-3-16(22)13-17/h2-4,13-15H,5-12,23H2,1H3. The van der Waals surface area contributed by atoms with Gasteiger partial charge >= 0.3 is 5.97 Å². The molecule has 0 atom stereocenters. The number of hydrogen-bond donors (Lipinski definition) is 1. The van der Waals surface area contributed by atoms with E-state index in [4.69, 9.17) is 22.1 Å². The highest BCUT2D eigenvalue weighted by Gasteiger charge is 2.29. The number of nitrogens with two attached hydrogens (primary N) is 1. The molecule has 0 spiro atoms. The molecule has 4 rings (SSSR count). The molecular formula is C21H27ClN6O2. The van der Waals surface area contributed by atoms with Gasteiger partial charge in [0, 0.05) is 50.0 Å². The first kappa shape index (κ1) is 20.5. The summed E-state index contributed by atoms with van der Waals surface area (Å²) in [6, 6.07) is 7.93. The van der Waals surface area contributed by atoms with E-state index in [1.807, 2.05) is 18.2 Å². The summed E-state index contributed by atoms with van der Waals surface area (Å²) in [7, 11) is 1.44. The lowest BCUT2D eigenvalue weighted by Gasteiger charge is -2.38. The van der Waals surface area contributed by atoms with Crippen LogP contribution in [0.2, 0.25) is 5.02 Å². The molecule has 0 aliphatic carbocycles. The second-order valence-corrected chi connectivity index (χ2v) is 8.11. The van der Waals surface area contributed by atoms with Crippen LogP contribution in [0.5, 0.6) is 0 Å². The van der Waals surface area contributed by atoms with E-state index in [1.165, 1.54) is 7.11 Å². The van der Waals surface area contributed by atoms with E-state index in [-0.39, 0.29) is 11.9 Å². The van der Waals surface area contributed by atoms with E-state index in [0.29, 0.717) is 5.69 Å². The molecule has 2 saturated heterocycles. The molecule has 3 heterocycles. The zero-order valence-electron chi connectivity index (χ0n) is 17.1. The van der Waals surface area contributed by atoms with Crippen LogP contribution in [0.15, 0.2) is 30.6 Å². The quantitative estimate of drug-likeness (QED) is 0.740. The van der Waals surface area contributed by atoms with Crippen molar-refractivity contribution in [1.82, 2.24) is 9.97 Å². The molecule has 0 saturated carbocycles. The van der Waals surface area contributed by atoms with Crippen molar-refractivity contribution in [3.8, 4) is 0 Å². The van der Waals surface area contributed by atoms with Crippen molar-refractivity contribution in [2.24, 2.45) is 5.92 Å². The van der Waals surface area contributed by atoms with Crippen LogP contribution < -0.4 is 20.4 Å². The van der Waals surface area contributed by atoms with Crippen molar-refractivity contribution >= 4 is 40.6 Å². The summed E-state index contributed by atoms with van der Waals surface area (Å²) in [5, 5.41) is 0.746. The van der Waals surface area contributed by atoms with E-state index < -0.39 is 0 Å². The summed E-state index contributed by atoms with van der Waals surface area (Å²) in [6.45, 7) is 4.81. The van der Waals surface area contributed by atoms with Crippen molar-refractivity contribution < 1.29 is 9.53 Å². The zero-order chi connectivity index (χ0) is 21.1. The number of hydrogen-bond acceptors (Lipinski definition) is 8. The predicted octanol–water partition coefficient (Wildman–Crippen LogP) is 2.43. The Hall–Kier alpha value is -2.74. The maximum atomic E-state index is 11.8. The number of nitrogens with zero attached hydrogens (tertiary/aromatic N) is 5. The summed E-state index contributed by atoms with van der Waals surface area (Å²) in [6.07, 6.45) is 3.06. The molecule has 0 radical (unpaired) electrons. The minimum atomic E-state index is -0.136. The van der Waals surface area contributed by atoms with Crippen LogP contribution in [0, 0.1) is 5.92 Å². The fourth-order valence-electron chi connectivity index (χ4n) is 4.22. The molecule has 160 valence electrons. The van der Waals surface area contributed by atoms with E-state index in [2.05, 4.69) is 30.7 Å². The number of esters is 1. The number of piperidine rings is 1. The van der Waals surface area contributed by atoms with Gasteiger partial charge in [-0.05, 0) is 31.0 Å². The maximum absolute atomic E-state index is 11.8. The number of nitrogen functional groups attached to an aromatic ring is 1. The number of halogens is 1. The van der Waals surface area contributed by atoms with Crippen LogP contribution in [-0.4, -0.2) is 62.3 Å². The highest BCUT2D eigenvalue weighted by molar-refractivity contribution is 6.30. The summed E-state index contributed by atoms with van der Waals surface area (Å²) in [5.41, 5.74) is 8.23. The highest BCUT2D eigenvalue weighted by atomic mass is 35.5. The van der Waals surface area contributed by atoms with E-state index in [9.17, 15) is 4.79 Å². The summed E-state index contributed by atoms with van der Waals surface area (Å²) in [4.78, 5) is 27.4. The average molecular weight is 431 g/mol. The summed E-state index contributed by atoms with van der Waals surface area (Å²) < 4.78 is 4.87. The van der Waals surface area contributed by atoms with Crippen molar-refractivity contribution in [2.75, 3.05) is 66.8 Å². The van der Waals surface area contributed by atoms with Crippen LogP contribution in [0.25, 0.3) is 0 Å². The lowest BCUT2D eigenvalue weighted by atomic mass is 9.97. The average Bonchev–Trinajstić information content (AvgIpc) is 2.79. The van der Waals surface area contributed by atoms with Crippen LogP contribution in [0.1, 0.15) is 12.8 Å². The number of carbonyl (C=O) groups is 1. The smallest absolute Gasteiger partial charge is 0.308 e. The Morgan fingerprint density at radius 2 is 1.63 bits per heavy atom. The predicted molar refractivity (Wildman–Crippen MR) is 119 cm³/mol. The number of benzene rings is 1. The van der Waals surface area contributed by atoms with Crippen molar-refractivity contribution in [1.29, 1.82) is 0 Å². The Balaban J connectivity index is 1.42. The first-order valence-corrected chi connectivity index (χ1v) is 10.6. The highest BCUT2D eigenvalue weighted by Crippen LogP contribution is 2.32. The van der Waals surface area contributed by atoms with Gasteiger partial charge in [0.2, 0.25) is 0 Å². The van der Waals surface area contributed by atoms with E-state index in [1.54, 1.807) is 6.33 Å². The topological polar surface area (TPSA) is 87.8 Å². The summed E-state index contributed by atoms with van der Waals surface area (Å²) >= 11 is 6.13. The van der Waals surface area contributed by atoms with Crippen LogP contribution in [-0.2, 0) is 9.53 Å². The number of carbonyl (C=O) groups excluding carboxylic acids is 1. The molecule has 2 aliphatic rings. The molecule has 2 N–H and O–H groups in total. The van der Waals surface area contributed by atoms with Gasteiger partial charge in [-0.15, -0.1) is 0 Å². The van der Waals surface area contributed by atoms with Gasteiger partial charge in [0.15, 0.2) is 11.6 Å². The third kappa shape index (κ3) is 4.23. The SMILES string of the molecule is COC(=O)C1CCN(c2ncnc(N3CCN(c4cccc(Cl)c4)CC3)c2N)CC1. The van der Waals surface area contributed by atoms with Gasteiger partial charge in [0.05, 0.1) is 13.0 Å². The number of methoxy groups -OCH3 is 1. The molecule has 30 heavy (non-hydrogen) atoms. The molecule has 1 aromatic carbocycles. The largest absolute Gasteiger partial charge is 0.469 e. The van der Waals surface area contributed by atoms with E-state index in [0.717, 1.165) is 74.5 Å². The minimum absolute atomic E-state index is 0.0478. The Labute approximate surface area is 181 Å². The van der Waals surface area contributed by atoms with Crippen molar-refractivity contribution in [2.45, 2.75) is 12.8 Å². The van der Waals surface area contributed by atoms with Gasteiger partial charge < -0.3 is 25.2 Å².